The van der Waals surface area contributed by atoms with E-state index in [1.165, 1.54) is 0 Å². The third kappa shape index (κ3) is 25.0. The largest absolute Gasteiger partial charge is 0.550 e. The molecular formula is C13H30NO13P. The van der Waals surface area contributed by atoms with Crippen LogP contribution in [0.4, 0.5) is 0 Å². The Morgan fingerprint density at radius 3 is 1.68 bits per heavy atom. The maximum Gasteiger partial charge on any atom is 0.466 e. The molecule has 0 radical (unpaired) electrons. The van der Waals surface area contributed by atoms with Gasteiger partial charge in [0.25, 0.3) is 0 Å². The number of aldehydes is 1. The molecule has 9 N–H and O–H groups in total. The lowest BCUT2D eigenvalue weighted by molar-refractivity contribution is -0.873. The van der Waals surface area contributed by atoms with E-state index in [1.54, 1.807) is 0 Å². The van der Waals surface area contributed by atoms with Crippen molar-refractivity contribution in [2.75, 3.05) is 34.3 Å². The van der Waals surface area contributed by atoms with Gasteiger partial charge in [-0.05, 0) is 0 Å². The molecule has 0 fully saturated rings. The zero-order valence-electron chi connectivity index (χ0n) is 15.6. The van der Waals surface area contributed by atoms with Crippen molar-refractivity contribution in [3.63, 3.8) is 0 Å². The number of carbonyl (C=O) groups excluding carboxylic acids is 2. The van der Waals surface area contributed by atoms with Crippen LogP contribution >= 0.6 is 7.82 Å². The van der Waals surface area contributed by atoms with E-state index >= 15 is 0 Å². The summed E-state index contributed by atoms with van der Waals surface area (Å²) in [4.78, 5) is 41.5. The van der Waals surface area contributed by atoms with Crippen LogP contribution in [0.15, 0.2) is 0 Å². The number of carbonyl (C=O) groups is 2. The van der Waals surface area contributed by atoms with E-state index in [4.69, 9.17) is 49.9 Å². The van der Waals surface area contributed by atoms with Gasteiger partial charge in [0.2, 0.25) is 0 Å². The number of likely N-dealkylation sites (N-methyl/N-ethyl adjacent to an activating group) is 1. The monoisotopic (exact) mass is 439 g/mol. The van der Waals surface area contributed by atoms with Crippen molar-refractivity contribution >= 4 is 20.1 Å². The molecule has 5 atom stereocenters. The molecule has 0 rings (SSSR count). The van der Waals surface area contributed by atoms with E-state index in [1.807, 2.05) is 21.1 Å². The molecule has 0 aromatic heterocycles. The number of hydrogen-bond donors (Lipinski definition) is 9. The van der Waals surface area contributed by atoms with Gasteiger partial charge < -0.3 is 64.5 Å². The van der Waals surface area contributed by atoms with Crippen molar-refractivity contribution in [2.24, 2.45) is 0 Å². The van der Waals surface area contributed by atoms with Gasteiger partial charge in [0.05, 0.1) is 27.7 Å². The first-order valence-corrected chi connectivity index (χ1v) is 9.17. The second-order valence-electron chi connectivity index (χ2n) is 6.57. The number of carboxylic acid groups (broad SMARTS) is 1. The summed E-state index contributed by atoms with van der Waals surface area (Å²) in [6.07, 6.45) is -7.93. The average molecular weight is 439 g/mol. The quantitative estimate of drug-likeness (QED) is 0.0921. The third-order valence-electron chi connectivity index (χ3n) is 2.58. The van der Waals surface area contributed by atoms with Crippen LogP contribution in [0.2, 0.25) is 0 Å². The number of aliphatic carboxylic acids is 1. The van der Waals surface area contributed by atoms with Crippen LogP contribution in [0, 0.1) is 0 Å². The van der Waals surface area contributed by atoms with Gasteiger partial charge in [0.15, 0.2) is 6.29 Å². The van der Waals surface area contributed by atoms with Crippen LogP contribution in [-0.4, -0.2) is 127 Å². The fourth-order valence-corrected chi connectivity index (χ4v) is 1.51. The van der Waals surface area contributed by atoms with Gasteiger partial charge in [-0.2, -0.15) is 0 Å². The molecule has 1 unspecified atom stereocenters. The Bertz CT molecular complexity index is 469. The normalized spacial score (nSPS) is 16.9. The molecule has 15 heteroatoms. The van der Waals surface area contributed by atoms with Crippen LogP contribution in [-0.2, 0) is 14.2 Å². The van der Waals surface area contributed by atoms with Crippen molar-refractivity contribution < 1.29 is 69.1 Å². The molecule has 170 valence electrons. The van der Waals surface area contributed by atoms with E-state index in [-0.39, 0.29) is 12.7 Å². The average Bonchev–Trinajstić information content (AvgIpc) is 2.48. The van der Waals surface area contributed by atoms with Crippen LogP contribution in [0.5, 0.6) is 0 Å². The Labute approximate surface area is 161 Å². The highest BCUT2D eigenvalue weighted by atomic mass is 31.2. The second-order valence-corrected chi connectivity index (χ2v) is 7.60. The molecule has 0 saturated heterocycles. The standard InChI is InChI=1S/C7H15NO3.C6H12O6.H3O4P/c1-8(2,3)5-6(9)4-7(10)11;7-1-3(9)5(11)6(12)4(10)2-8;1-5(2,3)4/h6,9H,4-5H2,1-3H3;1,3-6,8-12H,2H2;(H3,1,2,3,4)/t;3-,4+,5+,6+;/m.0./s1. The second kappa shape index (κ2) is 14.9. The van der Waals surface area contributed by atoms with E-state index in [0.717, 1.165) is 0 Å². The molecule has 0 bridgehead atoms. The number of aliphatic hydroxyl groups is 6. The Morgan fingerprint density at radius 1 is 1.04 bits per heavy atom. The summed E-state index contributed by atoms with van der Waals surface area (Å²) in [5.74, 6) is -1.20. The highest BCUT2D eigenvalue weighted by Gasteiger charge is 2.29. The predicted octanol–water partition coefficient (Wildman–Crippen LogP) is -6.11. The summed E-state index contributed by atoms with van der Waals surface area (Å²) < 4.78 is 9.43. The lowest BCUT2D eigenvalue weighted by atomic mass is 10.0. The molecule has 0 aromatic rings. The van der Waals surface area contributed by atoms with E-state index in [2.05, 4.69) is 0 Å². The Morgan fingerprint density at radius 2 is 1.43 bits per heavy atom. The summed E-state index contributed by atoms with van der Waals surface area (Å²) in [6.45, 7) is -0.336. The molecule has 0 amide bonds. The summed E-state index contributed by atoms with van der Waals surface area (Å²) in [6, 6.07) is 0. The fourth-order valence-electron chi connectivity index (χ4n) is 1.51. The zero-order chi connectivity index (χ0) is 23.3. The number of phosphoric acid groups is 1. The van der Waals surface area contributed by atoms with Crippen LogP contribution in [0.1, 0.15) is 6.42 Å². The van der Waals surface area contributed by atoms with Gasteiger partial charge in [0, 0.05) is 12.4 Å². The smallest absolute Gasteiger partial charge is 0.466 e. The topological polar surface area (TPSA) is 256 Å². The summed E-state index contributed by atoms with van der Waals surface area (Å²) in [5, 5.41) is 62.7. The van der Waals surface area contributed by atoms with Crippen LogP contribution < -0.4 is 5.11 Å². The van der Waals surface area contributed by atoms with E-state index in [9.17, 15) is 14.7 Å². The van der Waals surface area contributed by atoms with Gasteiger partial charge in [-0.25, -0.2) is 4.57 Å². The van der Waals surface area contributed by atoms with Crippen molar-refractivity contribution in [2.45, 2.75) is 36.9 Å². The highest BCUT2D eigenvalue weighted by Crippen LogP contribution is 2.25. The van der Waals surface area contributed by atoms with E-state index in [0.29, 0.717) is 11.0 Å². The minimum Gasteiger partial charge on any atom is -0.550 e. The molecule has 0 heterocycles. The zero-order valence-corrected chi connectivity index (χ0v) is 16.5. The number of aliphatic hydroxyl groups excluding tert-OH is 6. The molecule has 0 aliphatic heterocycles. The first kappa shape index (κ1) is 31.7. The predicted molar refractivity (Wildman–Crippen MR) is 90.0 cm³/mol. The van der Waals surface area contributed by atoms with Gasteiger partial charge in [-0.15, -0.1) is 0 Å². The van der Waals surface area contributed by atoms with Crippen LogP contribution in [0.25, 0.3) is 0 Å². The third-order valence-corrected chi connectivity index (χ3v) is 2.58. The van der Waals surface area contributed by atoms with Gasteiger partial charge in [-0.3, -0.25) is 0 Å². The lowest BCUT2D eigenvalue weighted by Gasteiger charge is -2.26. The van der Waals surface area contributed by atoms with Crippen molar-refractivity contribution in [1.29, 1.82) is 0 Å². The van der Waals surface area contributed by atoms with Gasteiger partial charge in [0.1, 0.15) is 37.1 Å². The van der Waals surface area contributed by atoms with Crippen molar-refractivity contribution in [3.05, 3.63) is 0 Å². The molecule has 0 aliphatic rings. The van der Waals surface area contributed by atoms with Crippen molar-refractivity contribution in [3.8, 4) is 0 Å². The molecule has 0 aromatic carbocycles. The minimum atomic E-state index is -4.64. The molecule has 0 aliphatic carbocycles. The van der Waals surface area contributed by atoms with E-state index < -0.39 is 50.9 Å². The highest BCUT2D eigenvalue weighted by molar-refractivity contribution is 7.45. The number of carboxylic acids is 1. The molecular weight excluding hydrogens is 409 g/mol. The maximum absolute atomic E-state index is 10.0. The molecule has 28 heavy (non-hydrogen) atoms. The van der Waals surface area contributed by atoms with Gasteiger partial charge >= 0.3 is 7.82 Å². The minimum absolute atomic E-state index is 0.0258. The molecule has 14 nitrogen and oxygen atoms in total. The SMILES string of the molecule is C[N+](C)(C)CC(O)CC(=O)[O-].O=C[C@H](O)[C@@H](O)[C@H](O)[C@H](O)CO.O=P(O)(O)O. The number of quaternary nitrogens is 1. The Hall–Kier alpha value is -1.03. The Kier molecular flexibility index (Phi) is 16.8. The summed E-state index contributed by atoms with van der Waals surface area (Å²) in [5.41, 5.74) is 0. The first-order valence-electron chi connectivity index (χ1n) is 7.60. The number of nitrogens with zero attached hydrogens (tertiary/aromatic N) is 1. The molecule has 0 saturated carbocycles. The van der Waals surface area contributed by atoms with Gasteiger partial charge in [-0.1, -0.05) is 0 Å². The van der Waals surface area contributed by atoms with Crippen molar-refractivity contribution in [1.82, 2.24) is 0 Å². The number of rotatable bonds is 9. The number of hydrogen-bond acceptors (Lipinski definition) is 10. The Balaban J connectivity index is -0.000000362. The maximum atomic E-state index is 10.0. The van der Waals surface area contributed by atoms with Crippen LogP contribution in [0.3, 0.4) is 0 Å². The molecule has 0 spiro atoms. The summed E-state index contributed by atoms with van der Waals surface area (Å²) in [7, 11) is 1.02. The summed E-state index contributed by atoms with van der Waals surface area (Å²) >= 11 is 0. The first-order chi connectivity index (χ1) is 12.4. The fraction of sp³-hybridized carbons (Fsp3) is 0.846. The lowest BCUT2D eigenvalue weighted by Crippen LogP contribution is -2.46.